The summed E-state index contributed by atoms with van der Waals surface area (Å²) in [4.78, 5) is 0. The molecule has 3 aliphatic carbocycles. The van der Waals surface area contributed by atoms with E-state index in [9.17, 15) is 52.7 Å². The van der Waals surface area contributed by atoms with Crippen LogP contribution in [0, 0.1) is 5.92 Å². The zero-order chi connectivity index (χ0) is 16.2. The molecule has 0 heterocycles. The smallest absolute Gasteiger partial charge is 0.240 e. The Balaban J connectivity index is 2.91. The van der Waals surface area contributed by atoms with Crippen molar-refractivity contribution in [1.82, 2.24) is 0 Å². The first-order valence-corrected chi connectivity index (χ1v) is 4.75. The van der Waals surface area contributed by atoms with Gasteiger partial charge >= 0.3 is 35.3 Å². The summed E-state index contributed by atoms with van der Waals surface area (Å²) in [5.74, 6) is -38.1. The molecule has 3 aliphatic rings. The Morgan fingerprint density at radius 1 is 0.500 bits per heavy atom. The Hall–Kier alpha value is -0.840. The molecule has 1 atom stereocenters. The third-order valence-electron chi connectivity index (χ3n) is 3.58. The third-order valence-corrected chi connectivity index (χ3v) is 3.58. The molecular formula is C8H2F12. The third kappa shape index (κ3) is 1.02. The Kier molecular flexibility index (Phi) is 2.45. The van der Waals surface area contributed by atoms with Gasteiger partial charge in [-0.15, -0.1) is 0 Å². The number of hydrogen-bond donors (Lipinski definition) is 0. The van der Waals surface area contributed by atoms with E-state index in [1.54, 1.807) is 0 Å². The lowest BCUT2D eigenvalue weighted by Crippen LogP contribution is -2.91. The maximum absolute atomic E-state index is 13.5. The van der Waals surface area contributed by atoms with E-state index in [0.29, 0.717) is 0 Å². The minimum Gasteiger partial charge on any atom is -0.240 e. The van der Waals surface area contributed by atoms with Gasteiger partial charge in [0, 0.05) is 0 Å². The van der Waals surface area contributed by atoms with Crippen LogP contribution in [0.1, 0.15) is 0 Å². The second-order valence-corrected chi connectivity index (χ2v) is 4.56. The van der Waals surface area contributed by atoms with Crippen molar-refractivity contribution in [3.05, 3.63) is 0 Å². The first-order valence-electron chi connectivity index (χ1n) is 4.75. The fraction of sp³-hybridized carbons (Fsp3) is 1.00. The van der Waals surface area contributed by atoms with Crippen LogP contribution in [-0.2, 0) is 0 Å². The second-order valence-electron chi connectivity index (χ2n) is 4.56. The van der Waals surface area contributed by atoms with Gasteiger partial charge in [0.05, 0.1) is 0 Å². The molecule has 0 saturated heterocycles. The van der Waals surface area contributed by atoms with E-state index in [1.165, 1.54) is 0 Å². The van der Waals surface area contributed by atoms with Gasteiger partial charge < -0.3 is 0 Å². The van der Waals surface area contributed by atoms with Crippen LogP contribution < -0.4 is 0 Å². The van der Waals surface area contributed by atoms with Crippen LogP contribution in [0.3, 0.4) is 0 Å². The van der Waals surface area contributed by atoms with Crippen molar-refractivity contribution in [3.63, 3.8) is 0 Å². The van der Waals surface area contributed by atoms with E-state index >= 15 is 0 Å². The summed E-state index contributed by atoms with van der Waals surface area (Å²) in [7, 11) is 0. The molecule has 0 amide bonds. The van der Waals surface area contributed by atoms with Crippen LogP contribution in [0.5, 0.6) is 0 Å². The fourth-order valence-corrected chi connectivity index (χ4v) is 2.46. The molecule has 0 radical (unpaired) electrons. The molecule has 0 aromatic carbocycles. The summed E-state index contributed by atoms with van der Waals surface area (Å²) in [6.07, 6.45) is -4.91. The molecule has 118 valence electrons. The van der Waals surface area contributed by atoms with Crippen LogP contribution >= 0.6 is 0 Å². The van der Waals surface area contributed by atoms with Gasteiger partial charge in [-0.3, -0.25) is 0 Å². The van der Waals surface area contributed by atoms with E-state index in [4.69, 9.17) is 0 Å². The lowest BCUT2D eigenvalue weighted by Gasteiger charge is -2.60. The molecule has 0 aliphatic heterocycles. The molecule has 0 nitrogen and oxygen atoms in total. The molecule has 1 unspecified atom stereocenters. The average Bonchev–Trinajstić information content (AvgIpc) is 2.22. The molecule has 3 rings (SSSR count). The maximum Gasteiger partial charge on any atom is 0.356 e. The lowest BCUT2D eigenvalue weighted by atomic mass is 9.56. The zero-order valence-electron chi connectivity index (χ0n) is 8.69. The minimum atomic E-state index is -7.06. The summed E-state index contributed by atoms with van der Waals surface area (Å²) in [5.41, 5.74) is -7.06. The molecule has 0 spiro atoms. The highest BCUT2D eigenvalue weighted by Crippen LogP contribution is 2.76. The van der Waals surface area contributed by atoms with Crippen LogP contribution in [-0.4, -0.2) is 41.5 Å². The van der Waals surface area contributed by atoms with Crippen molar-refractivity contribution in [1.29, 1.82) is 0 Å². The monoisotopic (exact) mass is 326 g/mol. The van der Waals surface area contributed by atoms with E-state index in [-0.39, 0.29) is 0 Å². The Bertz CT molecular complexity index is 420. The second kappa shape index (κ2) is 3.16. The van der Waals surface area contributed by atoms with Gasteiger partial charge in [0.1, 0.15) is 5.92 Å². The SMILES string of the molecule is FC1C2C(F)(F)C(F)(F)C(F)(C1(F)F)C(F)(F)C2(F)F. The average molecular weight is 326 g/mol. The van der Waals surface area contributed by atoms with E-state index in [2.05, 4.69) is 0 Å². The number of fused-ring (bicyclic) bond motifs is 3. The summed E-state index contributed by atoms with van der Waals surface area (Å²) in [5, 5.41) is 0. The van der Waals surface area contributed by atoms with Crippen LogP contribution in [0.2, 0.25) is 0 Å². The van der Waals surface area contributed by atoms with Crippen molar-refractivity contribution >= 4 is 0 Å². The lowest BCUT2D eigenvalue weighted by molar-refractivity contribution is -0.511. The number of hydrogen-bond acceptors (Lipinski definition) is 0. The van der Waals surface area contributed by atoms with Crippen molar-refractivity contribution in [3.8, 4) is 0 Å². The predicted octanol–water partition coefficient (Wildman–Crippen LogP) is 3.85. The van der Waals surface area contributed by atoms with Gasteiger partial charge in [0.2, 0.25) is 0 Å². The zero-order valence-corrected chi connectivity index (χ0v) is 8.69. The Morgan fingerprint density at radius 3 is 1.10 bits per heavy atom. The molecule has 0 N–H and O–H groups in total. The van der Waals surface area contributed by atoms with Gasteiger partial charge in [0.15, 0.2) is 6.17 Å². The van der Waals surface area contributed by atoms with Crippen molar-refractivity contribution in [2.24, 2.45) is 5.92 Å². The molecule has 2 bridgehead atoms. The highest BCUT2D eigenvalue weighted by molar-refractivity contribution is 5.34. The first kappa shape index (κ1) is 15.5. The number of halogens is 12. The quantitative estimate of drug-likeness (QED) is 0.593. The van der Waals surface area contributed by atoms with Gasteiger partial charge in [0.25, 0.3) is 0 Å². The van der Waals surface area contributed by atoms with Crippen LogP contribution in [0.15, 0.2) is 0 Å². The van der Waals surface area contributed by atoms with Gasteiger partial charge in [-0.05, 0) is 0 Å². The maximum atomic E-state index is 13.5. The van der Waals surface area contributed by atoms with Gasteiger partial charge in [-0.25, -0.2) is 8.78 Å². The largest absolute Gasteiger partial charge is 0.356 e. The first-order chi connectivity index (χ1) is 8.53. The highest BCUT2D eigenvalue weighted by atomic mass is 19.4. The highest BCUT2D eigenvalue weighted by Gasteiger charge is 3.05. The van der Waals surface area contributed by atoms with Crippen molar-refractivity contribution < 1.29 is 52.7 Å². The molecule has 0 aromatic heterocycles. The number of alkyl halides is 12. The van der Waals surface area contributed by atoms with Gasteiger partial charge in [-0.2, -0.15) is 43.9 Å². The molecule has 3 fully saturated rings. The normalized spacial score (nSPS) is 46.2. The van der Waals surface area contributed by atoms with Crippen LogP contribution in [0.4, 0.5) is 52.7 Å². The minimum absolute atomic E-state index is 4.91. The fourth-order valence-electron chi connectivity index (χ4n) is 2.46. The van der Waals surface area contributed by atoms with E-state index in [0.717, 1.165) is 0 Å². The van der Waals surface area contributed by atoms with Crippen molar-refractivity contribution in [2.45, 2.75) is 41.5 Å². The molecule has 3 saturated carbocycles. The summed E-state index contributed by atoms with van der Waals surface area (Å²) in [6.45, 7) is 0. The summed E-state index contributed by atoms with van der Waals surface area (Å²) >= 11 is 0. The van der Waals surface area contributed by atoms with Gasteiger partial charge in [-0.1, -0.05) is 0 Å². The van der Waals surface area contributed by atoms with E-state index in [1.807, 2.05) is 0 Å². The molecule has 0 aromatic rings. The predicted molar refractivity (Wildman–Crippen MR) is 37.0 cm³/mol. The van der Waals surface area contributed by atoms with Crippen LogP contribution in [0.25, 0.3) is 0 Å². The molecular weight excluding hydrogens is 324 g/mol. The summed E-state index contributed by atoms with van der Waals surface area (Å²) in [6, 6.07) is 0. The standard InChI is InChI=1S/C8H2F12/c9-2-1-3(10,11)7(17,18)6(16,5(2,14)15)8(19,20)4(1,12)13/h1-2H. The Morgan fingerprint density at radius 2 is 0.800 bits per heavy atom. The Labute approximate surface area is 101 Å². The topological polar surface area (TPSA) is 0 Å². The summed E-state index contributed by atoms with van der Waals surface area (Å²) < 4.78 is 156. The van der Waals surface area contributed by atoms with Crippen molar-refractivity contribution in [2.75, 3.05) is 0 Å². The van der Waals surface area contributed by atoms with E-state index < -0.39 is 47.4 Å². The molecule has 20 heavy (non-hydrogen) atoms. The number of rotatable bonds is 0. The molecule has 12 heteroatoms.